The van der Waals surface area contributed by atoms with Crippen LogP contribution in [0.4, 0.5) is 4.79 Å². The van der Waals surface area contributed by atoms with Crippen LogP contribution in [0.15, 0.2) is 30.3 Å². The number of aliphatic hydroxyl groups excluding tert-OH is 1. The lowest BCUT2D eigenvalue weighted by Gasteiger charge is -2.15. The van der Waals surface area contributed by atoms with E-state index < -0.39 is 12.1 Å². The van der Waals surface area contributed by atoms with Gasteiger partial charge in [-0.05, 0) is 12.0 Å². The molecule has 20 heavy (non-hydrogen) atoms. The number of esters is 1. The largest absolute Gasteiger partial charge is 0.469 e. The second kappa shape index (κ2) is 8.92. The van der Waals surface area contributed by atoms with Crippen LogP contribution in [-0.2, 0) is 20.9 Å². The van der Waals surface area contributed by atoms with Crippen molar-refractivity contribution in [3.05, 3.63) is 35.9 Å². The van der Waals surface area contributed by atoms with Crippen molar-refractivity contribution >= 4 is 12.1 Å². The van der Waals surface area contributed by atoms with Crippen LogP contribution in [0.25, 0.3) is 0 Å². The van der Waals surface area contributed by atoms with Gasteiger partial charge < -0.3 is 19.9 Å². The molecule has 0 saturated heterocycles. The number of carbonyl (C=O) groups excluding carboxylic acids is 2. The first kappa shape index (κ1) is 16.0. The van der Waals surface area contributed by atoms with Crippen LogP contribution in [-0.4, -0.2) is 36.9 Å². The lowest BCUT2D eigenvalue weighted by molar-refractivity contribution is -0.140. The Morgan fingerprint density at radius 3 is 2.60 bits per heavy atom. The lowest BCUT2D eigenvalue weighted by Crippen LogP contribution is -2.38. The number of benzene rings is 1. The van der Waals surface area contributed by atoms with Gasteiger partial charge in [0.2, 0.25) is 0 Å². The SMILES string of the molecule is COC(=O)CCC(CO)NC(=O)OCc1ccccc1. The molecule has 0 aromatic heterocycles. The second-order valence-corrected chi connectivity index (χ2v) is 4.20. The molecule has 0 fully saturated rings. The van der Waals surface area contributed by atoms with Crippen LogP contribution in [0, 0.1) is 0 Å². The van der Waals surface area contributed by atoms with E-state index in [1.54, 1.807) is 0 Å². The number of methoxy groups -OCH3 is 1. The topological polar surface area (TPSA) is 84.9 Å². The standard InChI is InChI=1S/C14H19NO5/c1-19-13(17)8-7-12(9-16)15-14(18)20-10-11-5-3-2-4-6-11/h2-6,12,16H,7-10H2,1H3,(H,15,18). The van der Waals surface area contributed by atoms with Crippen molar-refractivity contribution in [1.82, 2.24) is 5.32 Å². The first-order valence-electron chi connectivity index (χ1n) is 6.30. The van der Waals surface area contributed by atoms with E-state index in [2.05, 4.69) is 10.1 Å². The molecule has 110 valence electrons. The molecule has 6 heteroatoms. The molecule has 0 aliphatic carbocycles. The number of carbonyl (C=O) groups is 2. The fourth-order valence-electron chi connectivity index (χ4n) is 1.53. The Labute approximate surface area is 117 Å². The Morgan fingerprint density at radius 2 is 2.00 bits per heavy atom. The third-order valence-electron chi connectivity index (χ3n) is 2.68. The van der Waals surface area contributed by atoms with Crippen molar-refractivity contribution < 1.29 is 24.2 Å². The van der Waals surface area contributed by atoms with Gasteiger partial charge in [0.15, 0.2) is 0 Å². The predicted molar refractivity (Wildman–Crippen MR) is 71.9 cm³/mol. The smallest absolute Gasteiger partial charge is 0.407 e. The van der Waals surface area contributed by atoms with Crippen LogP contribution >= 0.6 is 0 Å². The average molecular weight is 281 g/mol. The number of ether oxygens (including phenoxy) is 2. The molecule has 1 aromatic rings. The molecule has 0 aliphatic rings. The quantitative estimate of drug-likeness (QED) is 0.734. The Bertz CT molecular complexity index is 421. The second-order valence-electron chi connectivity index (χ2n) is 4.20. The number of hydrogen-bond donors (Lipinski definition) is 2. The highest BCUT2D eigenvalue weighted by atomic mass is 16.5. The molecule has 0 saturated carbocycles. The van der Waals surface area contributed by atoms with Crippen molar-refractivity contribution in [3.8, 4) is 0 Å². The summed E-state index contributed by atoms with van der Waals surface area (Å²) in [5.41, 5.74) is 0.873. The van der Waals surface area contributed by atoms with Gasteiger partial charge in [-0.25, -0.2) is 4.79 Å². The normalized spacial score (nSPS) is 11.5. The number of nitrogens with one attached hydrogen (secondary N) is 1. The minimum Gasteiger partial charge on any atom is -0.469 e. The summed E-state index contributed by atoms with van der Waals surface area (Å²) < 4.78 is 9.51. The lowest BCUT2D eigenvalue weighted by atomic mass is 10.2. The summed E-state index contributed by atoms with van der Waals surface area (Å²) in [6.45, 7) is -0.112. The van der Waals surface area contributed by atoms with E-state index in [9.17, 15) is 9.59 Å². The summed E-state index contributed by atoms with van der Waals surface area (Å²) >= 11 is 0. The highest BCUT2D eigenvalue weighted by Crippen LogP contribution is 2.02. The maximum Gasteiger partial charge on any atom is 0.407 e. The van der Waals surface area contributed by atoms with Crippen molar-refractivity contribution in [2.75, 3.05) is 13.7 Å². The third-order valence-corrected chi connectivity index (χ3v) is 2.68. The minimum atomic E-state index is -0.627. The molecule has 0 heterocycles. The molecule has 1 amide bonds. The predicted octanol–water partition coefficient (Wildman–Crippen LogP) is 1.23. The average Bonchev–Trinajstić information content (AvgIpc) is 2.49. The first-order valence-corrected chi connectivity index (χ1v) is 6.30. The van der Waals surface area contributed by atoms with Crippen LogP contribution in [0.5, 0.6) is 0 Å². The van der Waals surface area contributed by atoms with Gasteiger partial charge in [0, 0.05) is 6.42 Å². The highest BCUT2D eigenvalue weighted by molar-refractivity contribution is 5.70. The summed E-state index contributed by atoms with van der Waals surface area (Å²) in [5.74, 6) is -0.386. The van der Waals surface area contributed by atoms with E-state index in [4.69, 9.17) is 9.84 Å². The molecule has 1 rings (SSSR count). The summed E-state index contributed by atoms with van der Waals surface area (Å²) in [6, 6.07) is 8.73. The van der Waals surface area contributed by atoms with Gasteiger partial charge in [0.1, 0.15) is 6.61 Å². The molecule has 1 aromatic carbocycles. The molecule has 0 spiro atoms. The number of aliphatic hydroxyl groups is 1. The van der Waals surface area contributed by atoms with E-state index in [-0.39, 0.29) is 25.6 Å². The van der Waals surface area contributed by atoms with Gasteiger partial charge in [-0.15, -0.1) is 0 Å². The molecule has 0 aliphatic heterocycles. The van der Waals surface area contributed by atoms with Gasteiger partial charge >= 0.3 is 12.1 Å². The van der Waals surface area contributed by atoms with Crippen LogP contribution in [0.1, 0.15) is 18.4 Å². The zero-order valence-corrected chi connectivity index (χ0v) is 11.4. The Kier molecular flexibility index (Phi) is 7.13. The Morgan fingerprint density at radius 1 is 1.30 bits per heavy atom. The monoisotopic (exact) mass is 281 g/mol. The fraction of sp³-hybridized carbons (Fsp3) is 0.429. The van der Waals surface area contributed by atoms with Crippen molar-refractivity contribution in [2.24, 2.45) is 0 Å². The molecular weight excluding hydrogens is 262 g/mol. The van der Waals surface area contributed by atoms with Crippen LogP contribution < -0.4 is 5.32 Å². The summed E-state index contributed by atoms with van der Waals surface area (Å²) in [4.78, 5) is 22.5. The van der Waals surface area contributed by atoms with Gasteiger partial charge in [-0.3, -0.25) is 4.79 Å². The zero-order valence-electron chi connectivity index (χ0n) is 11.4. The highest BCUT2D eigenvalue weighted by Gasteiger charge is 2.14. The maximum absolute atomic E-state index is 11.5. The Hall–Kier alpha value is -2.08. The number of hydrogen-bond acceptors (Lipinski definition) is 5. The van der Waals surface area contributed by atoms with Crippen molar-refractivity contribution in [1.29, 1.82) is 0 Å². The van der Waals surface area contributed by atoms with E-state index >= 15 is 0 Å². The van der Waals surface area contributed by atoms with Crippen molar-refractivity contribution in [2.45, 2.75) is 25.5 Å². The summed E-state index contributed by atoms with van der Waals surface area (Å²) in [7, 11) is 1.29. The van der Waals surface area contributed by atoms with Crippen LogP contribution in [0.3, 0.4) is 0 Å². The van der Waals surface area contributed by atoms with Gasteiger partial charge in [0.25, 0.3) is 0 Å². The van der Waals surface area contributed by atoms with E-state index in [0.717, 1.165) is 5.56 Å². The number of rotatable bonds is 7. The Balaban J connectivity index is 2.30. The van der Waals surface area contributed by atoms with E-state index in [1.807, 2.05) is 30.3 Å². The molecule has 6 nitrogen and oxygen atoms in total. The zero-order chi connectivity index (χ0) is 14.8. The third kappa shape index (κ3) is 6.19. The first-order chi connectivity index (χ1) is 9.65. The molecule has 1 atom stereocenters. The maximum atomic E-state index is 11.5. The van der Waals surface area contributed by atoms with Gasteiger partial charge in [-0.1, -0.05) is 30.3 Å². The van der Waals surface area contributed by atoms with Gasteiger partial charge in [0.05, 0.1) is 19.8 Å². The molecular formula is C14H19NO5. The summed E-state index contributed by atoms with van der Waals surface area (Å²) in [5, 5.41) is 11.6. The molecule has 2 N–H and O–H groups in total. The van der Waals surface area contributed by atoms with E-state index in [1.165, 1.54) is 7.11 Å². The summed E-state index contributed by atoms with van der Waals surface area (Å²) in [6.07, 6.45) is -0.206. The molecule has 0 bridgehead atoms. The van der Waals surface area contributed by atoms with E-state index in [0.29, 0.717) is 6.42 Å². The number of amides is 1. The fourth-order valence-corrected chi connectivity index (χ4v) is 1.53. The number of alkyl carbamates (subject to hydrolysis) is 1. The molecule has 1 unspecified atom stereocenters. The van der Waals surface area contributed by atoms with Crippen LogP contribution in [0.2, 0.25) is 0 Å². The van der Waals surface area contributed by atoms with Gasteiger partial charge in [-0.2, -0.15) is 0 Å². The molecule has 0 radical (unpaired) electrons. The van der Waals surface area contributed by atoms with Crippen molar-refractivity contribution in [3.63, 3.8) is 0 Å². The minimum absolute atomic E-state index is 0.126.